The standard InChI is InChI=1S/C23H27N5O2/c29-23(25-18-5-4-9-24-14-18)17-6-7-20-21(13-17)28(15-19-8-12-30-19)22(26-20)16-27-10-2-1-3-11-27/h4-7,9,13-14,19H,1-3,8,10-12,15-16H2,(H,25,29). The van der Waals surface area contributed by atoms with E-state index in [1.165, 1.54) is 19.3 Å². The maximum atomic E-state index is 12.8. The van der Waals surface area contributed by atoms with Crippen LogP contribution in [0.2, 0.25) is 0 Å². The van der Waals surface area contributed by atoms with Gasteiger partial charge in [-0.25, -0.2) is 4.98 Å². The van der Waals surface area contributed by atoms with E-state index in [0.717, 1.165) is 56.1 Å². The van der Waals surface area contributed by atoms with Gasteiger partial charge in [-0.3, -0.25) is 14.7 Å². The fraction of sp³-hybridized carbons (Fsp3) is 0.435. The van der Waals surface area contributed by atoms with Crippen LogP contribution in [-0.4, -0.2) is 51.1 Å². The molecule has 1 unspecified atom stereocenters. The van der Waals surface area contributed by atoms with Gasteiger partial charge in [0.1, 0.15) is 5.82 Å². The lowest BCUT2D eigenvalue weighted by Gasteiger charge is -2.29. The van der Waals surface area contributed by atoms with Crippen LogP contribution in [0, 0.1) is 0 Å². The molecular formula is C23H27N5O2. The van der Waals surface area contributed by atoms with E-state index in [1.807, 2.05) is 24.3 Å². The minimum absolute atomic E-state index is 0.143. The van der Waals surface area contributed by atoms with Gasteiger partial charge in [-0.05, 0) is 62.7 Å². The minimum atomic E-state index is -0.143. The zero-order chi connectivity index (χ0) is 20.3. The molecule has 2 saturated heterocycles. The van der Waals surface area contributed by atoms with Crippen molar-refractivity contribution in [2.24, 2.45) is 0 Å². The summed E-state index contributed by atoms with van der Waals surface area (Å²) in [5.74, 6) is 0.919. The van der Waals surface area contributed by atoms with E-state index in [4.69, 9.17) is 9.72 Å². The molecule has 7 heteroatoms. The number of rotatable bonds is 6. The first-order valence-electron chi connectivity index (χ1n) is 10.8. The summed E-state index contributed by atoms with van der Waals surface area (Å²) in [6.07, 6.45) is 8.46. The number of pyridine rings is 1. The Kier molecular flexibility index (Phi) is 5.46. The Morgan fingerprint density at radius 2 is 2.07 bits per heavy atom. The maximum absolute atomic E-state index is 12.8. The number of likely N-dealkylation sites (tertiary alicyclic amines) is 1. The molecule has 156 valence electrons. The fourth-order valence-electron chi connectivity index (χ4n) is 4.23. The third kappa shape index (κ3) is 4.08. The highest BCUT2D eigenvalue weighted by atomic mass is 16.5. The van der Waals surface area contributed by atoms with Crippen molar-refractivity contribution in [2.45, 2.75) is 44.9 Å². The van der Waals surface area contributed by atoms with Crippen molar-refractivity contribution < 1.29 is 9.53 Å². The number of benzene rings is 1. The normalized spacial score (nSPS) is 19.5. The SMILES string of the molecule is O=C(Nc1cccnc1)c1ccc2nc(CN3CCCCC3)n(CC3CCO3)c2c1. The molecule has 5 rings (SSSR count). The molecule has 2 fully saturated rings. The van der Waals surface area contributed by atoms with Gasteiger partial charge in [0.25, 0.3) is 5.91 Å². The lowest BCUT2D eigenvalue weighted by molar-refractivity contribution is -0.0592. The summed E-state index contributed by atoms with van der Waals surface area (Å²) in [5, 5.41) is 2.91. The van der Waals surface area contributed by atoms with E-state index >= 15 is 0 Å². The molecule has 2 aliphatic heterocycles. The van der Waals surface area contributed by atoms with Crippen molar-refractivity contribution in [1.29, 1.82) is 0 Å². The molecule has 1 atom stereocenters. The highest BCUT2D eigenvalue weighted by Crippen LogP contribution is 2.24. The molecule has 1 aromatic carbocycles. The Morgan fingerprint density at radius 3 is 2.80 bits per heavy atom. The molecule has 0 aliphatic carbocycles. The summed E-state index contributed by atoms with van der Waals surface area (Å²) in [5.41, 5.74) is 3.23. The number of carbonyl (C=O) groups is 1. The number of carbonyl (C=O) groups excluding carboxylic acids is 1. The molecule has 30 heavy (non-hydrogen) atoms. The van der Waals surface area contributed by atoms with Crippen LogP contribution in [-0.2, 0) is 17.8 Å². The van der Waals surface area contributed by atoms with Gasteiger partial charge in [-0.2, -0.15) is 0 Å². The average molecular weight is 406 g/mol. The van der Waals surface area contributed by atoms with E-state index in [1.54, 1.807) is 18.5 Å². The highest BCUT2D eigenvalue weighted by molar-refractivity contribution is 6.05. The third-order valence-corrected chi connectivity index (χ3v) is 6.00. The lowest BCUT2D eigenvalue weighted by atomic mass is 10.1. The van der Waals surface area contributed by atoms with Crippen LogP contribution in [0.1, 0.15) is 41.9 Å². The molecule has 2 aromatic heterocycles. The zero-order valence-corrected chi connectivity index (χ0v) is 17.1. The maximum Gasteiger partial charge on any atom is 0.255 e. The number of hydrogen-bond donors (Lipinski definition) is 1. The highest BCUT2D eigenvalue weighted by Gasteiger charge is 2.23. The number of nitrogens with one attached hydrogen (secondary N) is 1. The largest absolute Gasteiger partial charge is 0.376 e. The Balaban J connectivity index is 1.44. The van der Waals surface area contributed by atoms with Gasteiger partial charge >= 0.3 is 0 Å². The van der Waals surface area contributed by atoms with Gasteiger partial charge < -0.3 is 14.6 Å². The fourth-order valence-corrected chi connectivity index (χ4v) is 4.23. The lowest BCUT2D eigenvalue weighted by Crippen LogP contribution is -2.34. The van der Waals surface area contributed by atoms with Gasteiger partial charge in [-0.15, -0.1) is 0 Å². The monoisotopic (exact) mass is 405 g/mol. The van der Waals surface area contributed by atoms with E-state index in [-0.39, 0.29) is 12.0 Å². The molecule has 3 aromatic rings. The quantitative estimate of drug-likeness (QED) is 0.680. The average Bonchev–Trinajstić information content (AvgIpc) is 3.08. The summed E-state index contributed by atoms with van der Waals surface area (Å²) >= 11 is 0. The first-order valence-corrected chi connectivity index (χ1v) is 10.8. The van der Waals surface area contributed by atoms with Gasteiger partial charge in [-0.1, -0.05) is 6.42 Å². The van der Waals surface area contributed by atoms with Crippen molar-refractivity contribution in [3.63, 3.8) is 0 Å². The second-order valence-corrected chi connectivity index (χ2v) is 8.16. The number of anilines is 1. The molecule has 2 aliphatic rings. The van der Waals surface area contributed by atoms with Crippen LogP contribution in [0.15, 0.2) is 42.7 Å². The number of nitrogens with zero attached hydrogens (tertiary/aromatic N) is 4. The number of fused-ring (bicyclic) bond motifs is 1. The van der Waals surface area contributed by atoms with Gasteiger partial charge in [0.15, 0.2) is 0 Å². The molecule has 0 saturated carbocycles. The Hall–Kier alpha value is -2.77. The molecular weight excluding hydrogens is 378 g/mol. The third-order valence-electron chi connectivity index (χ3n) is 6.00. The number of amides is 1. The summed E-state index contributed by atoms with van der Waals surface area (Å²) in [7, 11) is 0. The van der Waals surface area contributed by atoms with E-state index < -0.39 is 0 Å². The zero-order valence-electron chi connectivity index (χ0n) is 17.1. The summed E-state index contributed by atoms with van der Waals surface area (Å²) in [6.45, 7) is 4.72. The number of imidazole rings is 1. The van der Waals surface area contributed by atoms with Crippen LogP contribution < -0.4 is 5.32 Å². The number of ether oxygens (including phenoxy) is 1. The molecule has 7 nitrogen and oxygen atoms in total. The van der Waals surface area contributed by atoms with Gasteiger partial charge in [0.2, 0.25) is 0 Å². The first-order chi connectivity index (χ1) is 14.8. The number of hydrogen-bond acceptors (Lipinski definition) is 5. The van der Waals surface area contributed by atoms with Crippen molar-refractivity contribution in [3.05, 3.63) is 54.1 Å². The molecule has 1 N–H and O–H groups in total. The smallest absolute Gasteiger partial charge is 0.255 e. The van der Waals surface area contributed by atoms with Crippen molar-refractivity contribution in [3.8, 4) is 0 Å². The van der Waals surface area contributed by atoms with Crippen LogP contribution in [0.3, 0.4) is 0 Å². The van der Waals surface area contributed by atoms with Crippen LogP contribution >= 0.6 is 0 Å². The van der Waals surface area contributed by atoms with Gasteiger partial charge in [0, 0.05) is 18.4 Å². The van der Waals surface area contributed by atoms with Crippen LogP contribution in [0.4, 0.5) is 5.69 Å². The van der Waals surface area contributed by atoms with E-state index in [0.29, 0.717) is 11.3 Å². The van der Waals surface area contributed by atoms with Crippen molar-refractivity contribution in [1.82, 2.24) is 19.4 Å². The van der Waals surface area contributed by atoms with E-state index in [2.05, 4.69) is 19.8 Å². The van der Waals surface area contributed by atoms with Crippen molar-refractivity contribution in [2.75, 3.05) is 25.0 Å². The topological polar surface area (TPSA) is 72.3 Å². The minimum Gasteiger partial charge on any atom is -0.376 e. The predicted molar refractivity (Wildman–Crippen MR) is 115 cm³/mol. The first kappa shape index (κ1) is 19.2. The molecule has 0 spiro atoms. The summed E-state index contributed by atoms with van der Waals surface area (Å²) < 4.78 is 7.96. The number of aromatic nitrogens is 3. The second kappa shape index (κ2) is 8.53. The summed E-state index contributed by atoms with van der Waals surface area (Å²) in [6, 6.07) is 9.38. The Morgan fingerprint density at radius 1 is 1.20 bits per heavy atom. The molecule has 0 radical (unpaired) electrons. The second-order valence-electron chi connectivity index (χ2n) is 8.16. The Labute approximate surface area is 176 Å². The summed E-state index contributed by atoms with van der Waals surface area (Å²) in [4.78, 5) is 24.2. The van der Waals surface area contributed by atoms with Crippen LogP contribution in [0.25, 0.3) is 11.0 Å². The molecule has 1 amide bonds. The molecule has 0 bridgehead atoms. The van der Waals surface area contributed by atoms with Gasteiger partial charge in [0.05, 0.1) is 42.1 Å². The Bertz CT molecular complexity index is 1020. The number of piperidine rings is 1. The molecule has 4 heterocycles. The predicted octanol–water partition coefficient (Wildman–Crippen LogP) is 3.46. The van der Waals surface area contributed by atoms with Crippen molar-refractivity contribution >= 4 is 22.6 Å². The van der Waals surface area contributed by atoms with Crippen LogP contribution in [0.5, 0.6) is 0 Å². The van der Waals surface area contributed by atoms with E-state index in [9.17, 15) is 4.79 Å².